The van der Waals surface area contributed by atoms with Crippen LogP contribution in [0.5, 0.6) is 0 Å². The molecule has 0 spiro atoms. The molecule has 154 valence electrons. The average Bonchev–Trinajstić information content (AvgIpc) is 2.83. The van der Waals surface area contributed by atoms with E-state index < -0.39 is 0 Å². The number of anilines is 1. The highest BCUT2D eigenvalue weighted by Gasteiger charge is 2.30. The van der Waals surface area contributed by atoms with Gasteiger partial charge in [-0.3, -0.25) is 14.4 Å². The second-order valence-electron chi connectivity index (χ2n) is 7.52. The maximum Gasteiger partial charge on any atom is 0.197 e. The summed E-state index contributed by atoms with van der Waals surface area (Å²) in [6.07, 6.45) is 0. The topological polar surface area (TPSA) is 93.0 Å². The van der Waals surface area contributed by atoms with Crippen molar-refractivity contribution >= 4 is 39.1 Å². The smallest absolute Gasteiger partial charge is 0.197 e. The first kappa shape index (κ1) is 19.5. The number of aromatic amines is 1. The number of hydrogen-bond donors (Lipinski definition) is 2. The van der Waals surface area contributed by atoms with Gasteiger partial charge in [0.1, 0.15) is 0 Å². The Kier molecular flexibility index (Phi) is 4.64. The molecule has 0 atom stereocenters. The van der Waals surface area contributed by atoms with Gasteiger partial charge in [0.25, 0.3) is 0 Å². The van der Waals surface area contributed by atoms with Crippen molar-refractivity contribution < 1.29 is 9.59 Å². The summed E-state index contributed by atoms with van der Waals surface area (Å²) in [5.74, 6) is -0.309. The molecular formula is C27H18N2O3. The molecule has 5 nitrogen and oxygen atoms in total. The summed E-state index contributed by atoms with van der Waals surface area (Å²) in [7, 11) is 0. The Morgan fingerprint density at radius 1 is 0.531 bits per heavy atom. The zero-order valence-electron chi connectivity index (χ0n) is 17.0. The second kappa shape index (κ2) is 7.63. The van der Waals surface area contributed by atoms with Crippen LogP contribution in [-0.4, -0.2) is 16.6 Å². The number of hydrogen-bond acceptors (Lipinski definition) is 4. The Balaban J connectivity index is 0.000000136. The predicted octanol–water partition coefficient (Wildman–Crippen LogP) is 4.73. The van der Waals surface area contributed by atoms with Crippen LogP contribution in [0.1, 0.15) is 31.8 Å². The SMILES string of the molecule is Nc1cccc2c1C(=O)c1ccccc1C2=O.O=c1c2ccccc2[nH]c2ccccc12. The van der Waals surface area contributed by atoms with Crippen LogP contribution in [0.3, 0.4) is 0 Å². The number of rotatable bonds is 0. The number of para-hydroxylation sites is 2. The van der Waals surface area contributed by atoms with Crippen molar-refractivity contribution in [2.24, 2.45) is 0 Å². The van der Waals surface area contributed by atoms with Crippen LogP contribution in [0.4, 0.5) is 5.69 Å². The summed E-state index contributed by atoms with van der Waals surface area (Å²) >= 11 is 0. The Morgan fingerprint density at radius 3 is 1.66 bits per heavy atom. The molecule has 5 heteroatoms. The lowest BCUT2D eigenvalue weighted by Gasteiger charge is -2.18. The number of aromatic nitrogens is 1. The van der Waals surface area contributed by atoms with E-state index in [2.05, 4.69) is 4.98 Å². The lowest BCUT2D eigenvalue weighted by molar-refractivity contribution is 0.0979. The minimum Gasteiger partial charge on any atom is -0.398 e. The van der Waals surface area contributed by atoms with E-state index >= 15 is 0 Å². The van der Waals surface area contributed by atoms with Gasteiger partial charge in [0.2, 0.25) is 0 Å². The lowest BCUT2D eigenvalue weighted by Crippen LogP contribution is -2.22. The van der Waals surface area contributed by atoms with E-state index in [0.717, 1.165) is 21.8 Å². The van der Waals surface area contributed by atoms with Gasteiger partial charge in [0.05, 0.1) is 5.56 Å². The van der Waals surface area contributed by atoms with Crippen molar-refractivity contribution in [1.82, 2.24) is 4.98 Å². The standard InChI is InChI=1S/C14H9NO2.C13H9NO/c15-11-7-3-6-10-12(11)14(17)9-5-2-1-4-8(9)13(10)16;15-13-9-5-1-3-7-11(9)14-12-8-4-2-6-10(12)13/h1-7H,15H2;1-8H,(H,14,15). The first-order valence-electron chi connectivity index (χ1n) is 10.1. The summed E-state index contributed by atoms with van der Waals surface area (Å²) in [5.41, 5.74) is 9.63. The molecule has 1 aromatic heterocycles. The number of ketones is 2. The molecule has 32 heavy (non-hydrogen) atoms. The fourth-order valence-corrected chi connectivity index (χ4v) is 4.04. The first-order chi connectivity index (χ1) is 15.6. The highest BCUT2D eigenvalue weighted by Crippen LogP contribution is 2.30. The Hall–Kier alpha value is -4.51. The molecule has 6 rings (SSSR count). The molecule has 3 N–H and O–H groups in total. The van der Waals surface area contributed by atoms with Crippen molar-refractivity contribution in [3.05, 3.63) is 123 Å². The van der Waals surface area contributed by atoms with Crippen LogP contribution in [0.2, 0.25) is 0 Å². The van der Waals surface area contributed by atoms with Crippen LogP contribution in [0, 0.1) is 0 Å². The van der Waals surface area contributed by atoms with E-state index in [4.69, 9.17) is 5.73 Å². The number of nitrogens with one attached hydrogen (secondary N) is 1. The number of carbonyl (C=O) groups is 2. The molecule has 0 amide bonds. The molecule has 4 aromatic carbocycles. The van der Waals surface area contributed by atoms with Gasteiger partial charge in [0.15, 0.2) is 17.0 Å². The minimum atomic E-state index is -0.173. The first-order valence-corrected chi connectivity index (χ1v) is 10.1. The molecule has 1 aliphatic rings. The van der Waals surface area contributed by atoms with E-state index in [1.807, 2.05) is 48.5 Å². The van der Waals surface area contributed by atoms with Gasteiger partial charge in [-0.15, -0.1) is 0 Å². The van der Waals surface area contributed by atoms with Gasteiger partial charge in [0, 0.05) is 44.2 Å². The normalized spacial score (nSPS) is 12.1. The van der Waals surface area contributed by atoms with Crippen molar-refractivity contribution in [2.75, 3.05) is 5.73 Å². The molecule has 1 heterocycles. The molecule has 0 saturated carbocycles. The third-order valence-corrected chi connectivity index (χ3v) is 5.60. The quantitative estimate of drug-likeness (QED) is 0.276. The maximum atomic E-state index is 12.2. The monoisotopic (exact) mass is 418 g/mol. The van der Waals surface area contributed by atoms with E-state index in [1.54, 1.807) is 42.5 Å². The molecule has 0 aliphatic heterocycles. The van der Waals surface area contributed by atoms with Crippen LogP contribution in [-0.2, 0) is 0 Å². The minimum absolute atomic E-state index is 0.0972. The van der Waals surface area contributed by atoms with Crippen LogP contribution in [0.25, 0.3) is 21.8 Å². The fraction of sp³-hybridized carbons (Fsp3) is 0. The number of pyridine rings is 1. The molecular weight excluding hydrogens is 400 g/mol. The zero-order valence-corrected chi connectivity index (χ0v) is 17.0. The molecule has 0 radical (unpaired) electrons. The third kappa shape index (κ3) is 3.08. The van der Waals surface area contributed by atoms with Gasteiger partial charge in [-0.25, -0.2) is 0 Å². The Bertz CT molecular complexity index is 1540. The van der Waals surface area contributed by atoms with Gasteiger partial charge in [-0.2, -0.15) is 0 Å². The summed E-state index contributed by atoms with van der Waals surface area (Å²) in [5, 5.41) is 1.49. The van der Waals surface area contributed by atoms with E-state index in [1.165, 1.54) is 0 Å². The molecule has 0 saturated heterocycles. The van der Waals surface area contributed by atoms with Crippen molar-refractivity contribution in [2.45, 2.75) is 0 Å². The number of fused-ring (bicyclic) bond motifs is 4. The van der Waals surface area contributed by atoms with E-state index in [9.17, 15) is 14.4 Å². The number of benzene rings is 4. The second-order valence-corrected chi connectivity index (χ2v) is 7.52. The van der Waals surface area contributed by atoms with Crippen molar-refractivity contribution in [3.8, 4) is 0 Å². The number of carbonyl (C=O) groups excluding carboxylic acids is 2. The highest BCUT2D eigenvalue weighted by molar-refractivity contribution is 6.30. The van der Waals surface area contributed by atoms with E-state index in [0.29, 0.717) is 27.9 Å². The highest BCUT2D eigenvalue weighted by atomic mass is 16.1. The van der Waals surface area contributed by atoms with Crippen LogP contribution < -0.4 is 11.2 Å². The van der Waals surface area contributed by atoms with Gasteiger partial charge in [-0.05, 0) is 30.3 Å². The molecule has 0 unspecified atom stereocenters. The van der Waals surface area contributed by atoms with Crippen molar-refractivity contribution in [1.29, 1.82) is 0 Å². The Labute approximate surface area is 183 Å². The summed E-state index contributed by atoms with van der Waals surface area (Å²) in [6.45, 7) is 0. The predicted molar refractivity (Wildman–Crippen MR) is 126 cm³/mol. The molecule has 5 aromatic rings. The van der Waals surface area contributed by atoms with Crippen LogP contribution in [0.15, 0.2) is 95.8 Å². The Morgan fingerprint density at radius 2 is 1.03 bits per heavy atom. The molecule has 0 bridgehead atoms. The van der Waals surface area contributed by atoms with E-state index in [-0.39, 0.29) is 17.0 Å². The number of H-pyrrole nitrogens is 1. The van der Waals surface area contributed by atoms with Crippen LogP contribution >= 0.6 is 0 Å². The average molecular weight is 418 g/mol. The summed E-state index contributed by atoms with van der Waals surface area (Å²) in [4.78, 5) is 39.8. The maximum absolute atomic E-state index is 12.2. The number of nitrogens with two attached hydrogens (primary N) is 1. The van der Waals surface area contributed by atoms with Crippen molar-refractivity contribution in [3.63, 3.8) is 0 Å². The van der Waals surface area contributed by atoms with Gasteiger partial charge >= 0.3 is 0 Å². The third-order valence-electron chi connectivity index (χ3n) is 5.60. The summed E-state index contributed by atoms with van der Waals surface area (Å²) in [6, 6.07) is 26.9. The molecule has 1 aliphatic carbocycles. The lowest BCUT2D eigenvalue weighted by atomic mass is 9.83. The summed E-state index contributed by atoms with van der Waals surface area (Å²) < 4.78 is 0. The zero-order chi connectivity index (χ0) is 22.2. The number of nitrogen functional groups attached to an aromatic ring is 1. The van der Waals surface area contributed by atoms with Gasteiger partial charge in [-0.1, -0.05) is 60.7 Å². The largest absolute Gasteiger partial charge is 0.398 e. The molecule has 0 fully saturated rings. The van der Waals surface area contributed by atoms with Gasteiger partial charge < -0.3 is 10.7 Å². The fourth-order valence-electron chi connectivity index (χ4n) is 4.04.